The van der Waals surface area contributed by atoms with E-state index in [0.29, 0.717) is 0 Å². The minimum atomic E-state index is 0. The lowest BCUT2D eigenvalue weighted by molar-refractivity contribution is -0.671. The molecule has 0 aliphatic rings. The van der Waals surface area contributed by atoms with Gasteiger partial charge in [0.2, 0.25) is 6.33 Å². The van der Waals surface area contributed by atoms with Gasteiger partial charge >= 0.3 is 0 Å². The topological polar surface area (TPSA) is 8.81 Å². The molecule has 0 aliphatic carbocycles. The van der Waals surface area contributed by atoms with Gasteiger partial charge in [0.25, 0.3) is 0 Å². The Hall–Kier alpha value is -0.310. The lowest BCUT2D eigenvalue weighted by atomic mass is 10.0. The molecular formula is C23H45BrN2. The van der Waals surface area contributed by atoms with Crippen LogP contribution in [0.5, 0.6) is 0 Å². The van der Waals surface area contributed by atoms with Crippen LogP contribution in [0, 0.1) is 0 Å². The summed E-state index contributed by atoms with van der Waals surface area (Å²) in [5, 5.41) is 0. The summed E-state index contributed by atoms with van der Waals surface area (Å²) < 4.78 is 4.42. The summed E-state index contributed by atoms with van der Waals surface area (Å²) in [4.78, 5) is 0. The van der Waals surface area contributed by atoms with E-state index in [1.54, 1.807) is 0 Å². The molecule has 3 heteroatoms. The maximum Gasteiger partial charge on any atom is 0.243 e. The molecule has 0 spiro atoms. The molecule has 0 aliphatic heterocycles. The predicted octanol–water partition coefficient (Wildman–Crippen LogP) is 3.97. The van der Waals surface area contributed by atoms with Crippen molar-refractivity contribution in [3.8, 4) is 0 Å². The first-order valence-corrected chi connectivity index (χ1v) is 11.3. The minimum Gasteiger partial charge on any atom is -1.00 e. The Morgan fingerprint density at radius 2 is 1.00 bits per heavy atom. The molecule has 26 heavy (non-hydrogen) atoms. The lowest BCUT2D eigenvalue weighted by Crippen LogP contribution is -3.00. The maximum absolute atomic E-state index is 2.30. The number of halogens is 1. The van der Waals surface area contributed by atoms with Gasteiger partial charge < -0.3 is 17.0 Å². The van der Waals surface area contributed by atoms with Crippen molar-refractivity contribution >= 4 is 0 Å². The van der Waals surface area contributed by atoms with Gasteiger partial charge in [-0.2, -0.15) is 0 Å². The standard InChI is InChI=1S/C23H45N2.BrH/c1-3-4-5-6-7-8-9-10-11-12-13-14-15-16-17-18-19-20-25-22-21-24(2)23-25;/h21-23H,3-20H2,1-2H3;1H/q+1;/p-1. The summed E-state index contributed by atoms with van der Waals surface area (Å²) in [6, 6.07) is 0. The van der Waals surface area contributed by atoms with Crippen LogP contribution >= 0.6 is 0 Å². The zero-order valence-electron chi connectivity index (χ0n) is 17.7. The van der Waals surface area contributed by atoms with Gasteiger partial charge in [-0.05, 0) is 12.8 Å². The van der Waals surface area contributed by atoms with E-state index in [2.05, 4.69) is 41.8 Å². The molecule has 1 aromatic rings. The Morgan fingerprint density at radius 1 is 0.615 bits per heavy atom. The van der Waals surface area contributed by atoms with Gasteiger partial charge in [-0.15, -0.1) is 0 Å². The number of rotatable bonds is 18. The molecule has 0 saturated carbocycles. The van der Waals surface area contributed by atoms with Crippen molar-refractivity contribution in [1.82, 2.24) is 4.57 Å². The molecule has 2 nitrogen and oxygen atoms in total. The van der Waals surface area contributed by atoms with E-state index in [1.807, 2.05) is 0 Å². The molecule has 0 fully saturated rings. The first kappa shape index (κ1) is 25.7. The van der Waals surface area contributed by atoms with Crippen LogP contribution in [-0.2, 0) is 13.6 Å². The van der Waals surface area contributed by atoms with Crippen LogP contribution in [-0.4, -0.2) is 4.57 Å². The van der Waals surface area contributed by atoms with E-state index in [4.69, 9.17) is 0 Å². The van der Waals surface area contributed by atoms with Gasteiger partial charge in [-0.25, -0.2) is 9.13 Å². The van der Waals surface area contributed by atoms with Crippen molar-refractivity contribution in [2.24, 2.45) is 7.05 Å². The quantitative estimate of drug-likeness (QED) is 0.247. The van der Waals surface area contributed by atoms with Gasteiger partial charge in [-0.3, -0.25) is 0 Å². The summed E-state index contributed by atoms with van der Waals surface area (Å²) in [7, 11) is 2.09. The second kappa shape index (κ2) is 19.5. The number of aryl methyl sites for hydroxylation is 2. The van der Waals surface area contributed by atoms with E-state index in [1.165, 1.54) is 116 Å². The molecule has 0 saturated heterocycles. The molecule has 0 N–H and O–H groups in total. The Balaban J connectivity index is 0.00000625. The number of aromatic nitrogens is 2. The van der Waals surface area contributed by atoms with E-state index in [9.17, 15) is 0 Å². The number of hydrogen-bond donors (Lipinski definition) is 0. The minimum absolute atomic E-state index is 0. The van der Waals surface area contributed by atoms with Crippen LogP contribution in [0.1, 0.15) is 116 Å². The average Bonchev–Trinajstić information content (AvgIpc) is 3.03. The molecule has 0 atom stereocenters. The van der Waals surface area contributed by atoms with Crippen LogP contribution in [0.3, 0.4) is 0 Å². The second-order valence-electron chi connectivity index (χ2n) is 7.97. The number of hydrogen-bond acceptors (Lipinski definition) is 0. The first-order valence-electron chi connectivity index (χ1n) is 11.3. The van der Waals surface area contributed by atoms with E-state index >= 15 is 0 Å². The molecule has 154 valence electrons. The zero-order valence-corrected chi connectivity index (χ0v) is 19.3. The average molecular weight is 430 g/mol. The summed E-state index contributed by atoms with van der Waals surface area (Å²) in [5.74, 6) is 0. The van der Waals surface area contributed by atoms with Crippen molar-refractivity contribution in [3.63, 3.8) is 0 Å². The monoisotopic (exact) mass is 428 g/mol. The normalized spacial score (nSPS) is 10.8. The van der Waals surface area contributed by atoms with Crippen LogP contribution in [0.2, 0.25) is 0 Å². The largest absolute Gasteiger partial charge is 1.00 e. The fourth-order valence-corrected chi connectivity index (χ4v) is 3.65. The summed E-state index contributed by atoms with van der Waals surface area (Å²) in [5.41, 5.74) is 0. The highest BCUT2D eigenvalue weighted by molar-refractivity contribution is 4.65. The highest BCUT2D eigenvalue weighted by Crippen LogP contribution is 2.14. The molecule has 0 bridgehead atoms. The molecule has 0 unspecified atom stereocenters. The predicted molar refractivity (Wildman–Crippen MR) is 110 cm³/mol. The third-order valence-corrected chi connectivity index (χ3v) is 5.34. The fourth-order valence-electron chi connectivity index (χ4n) is 3.65. The van der Waals surface area contributed by atoms with Crippen molar-refractivity contribution in [2.75, 3.05) is 0 Å². The summed E-state index contributed by atoms with van der Waals surface area (Å²) in [6.45, 7) is 3.48. The molecule has 1 heterocycles. The van der Waals surface area contributed by atoms with Crippen molar-refractivity contribution in [2.45, 2.75) is 123 Å². The second-order valence-corrected chi connectivity index (χ2v) is 7.97. The third kappa shape index (κ3) is 15.9. The van der Waals surface area contributed by atoms with Crippen molar-refractivity contribution in [1.29, 1.82) is 0 Å². The smallest absolute Gasteiger partial charge is 0.243 e. The molecule has 0 amide bonds. The highest BCUT2D eigenvalue weighted by Gasteiger charge is 1.99. The SMILES string of the molecule is CCCCCCCCCCCCCCCCCCCn1cc[n+](C)c1.[Br-]. The third-order valence-electron chi connectivity index (χ3n) is 5.34. The van der Waals surface area contributed by atoms with E-state index in [-0.39, 0.29) is 17.0 Å². The van der Waals surface area contributed by atoms with E-state index in [0.717, 1.165) is 0 Å². The Kier molecular flexibility index (Phi) is 19.2. The van der Waals surface area contributed by atoms with Gasteiger partial charge in [0.1, 0.15) is 12.4 Å². The molecule has 1 aromatic heterocycles. The first-order chi connectivity index (χ1) is 12.3. The number of nitrogens with zero attached hydrogens (tertiary/aromatic N) is 2. The van der Waals surface area contributed by atoms with Crippen LogP contribution in [0.4, 0.5) is 0 Å². The molecular weight excluding hydrogens is 384 g/mol. The van der Waals surface area contributed by atoms with Gasteiger partial charge in [0.15, 0.2) is 0 Å². The summed E-state index contributed by atoms with van der Waals surface area (Å²) in [6.07, 6.45) is 31.0. The summed E-state index contributed by atoms with van der Waals surface area (Å²) >= 11 is 0. The number of unbranched alkanes of at least 4 members (excludes halogenated alkanes) is 16. The zero-order chi connectivity index (χ0) is 18.0. The highest BCUT2D eigenvalue weighted by atomic mass is 79.9. The molecule has 1 rings (SSSR count). The van der Waals surface area contributed by atoms with Gasteiger partial charge in [0, 0.05) is 0 Å². The lowest BCUT2D eigenvalue weighted by Gasteiger charge is -2.03. The van der Waals surface area contributed by atoms with Crippen LogP contribution in [0.15, 0.2) is 18.7 Å². The molecule has 0 radical (unpaired) electrons. The Bertz CT molecular complexity index is 389. The fraction of sp³-hybridized carbons (Fsp3) is 0.870. The Labute approximate surface area is 174 Å². The van der Waals surface area contributed by atoms with Crippen LogP contribution < -0.4 is 21.5 Å². The maximum atomic E-state index is 2.30. The van der Waals surface area contributed by atoms with Crippen molar-refractivity contribution in [3.05, 3.63) is 18.7 Å². The Morgan fingerprint density at radius 3 is 1.35 bits per heavy atom. The van der Waals surface area contributed by atoms with E-state index < -0.39 is 0 Å². The van der Waals surface area contributed by atoms with Gasteiger partial charge in [-0.1, -0.05) is 103 Å². The number of imidazole rings is 1. The van der Waals surface area contributed by atoms with Crippen LogP contribution in [0.25, 0.3) is 0 Å². The molecule has 0 aromatic carbocycles. The van der Waals surface area contributed by atoms with Gasteiger partial charge in [0.05, 0.1) is 13.6 Å². The van der Waals surface area contributed by atoms with Crippen molar-refractivity contribution < 1.29 is 21.5 Å².